The van der Waals surface area contributed by atoms with Crippen molar-refractivity contribution in [3.05, 3.63) is 16.1 Å². The van der Waals surface area contributed by atoms with E-state index in [1.54, 1.807) is 11.1 Å². The van der Waals surface area contributed by atoms with E-state index in [9.17, 15) is 9.59 Å². The second kappa shape index (κ2) is 5.75. The first-order valence-corrected chi connectivity index (χ1v) is 8.08. The van der Waals surface area contributed by atoms with Crippen molar-refractivity contribution in [2.45, 2.75) is 52.0 Å². The third-order valence-corrected chi connectivity index (χ3v) is 5.31. The Morgan fingerprint density at radius 3 is 2.57 bits per heavy atom. The van der Waals surface area contributed by atoms with Gasteiger partial charge >= 0.3 is 0 Å². The zero-order valence-corrected chi connectivity index (χ0v) is 13.9. The van der Waals surface area contributed by atoms with Crippen LogP contribution in [0, 0.1) is 5.92 Å². The quantitative estimate of drug-likeness (QED) is 0.909. The summed E-state index contributed by atoms with van der Waals surface area (Å²) in [5.74, 6) is -0.596. The van der Waals surface area contributed by atoms with Gasteiger partial charge in [-0.2, -0.15) is 0 Å². The van der Waals surface area contributed by atoms with Gasteiger partial charge in [-0.1, -0.05) is 20.8 Å². The summed E-state index contributed by atoms with van der Waals surface area (Å²) >= 11 is 1.43. The van der Waals surface area contributed by atoms with Crippen LogP contribution in [0.15, 0.2) is 6.20 Å². The molecule has 0 unspecified atom stereocenters. The molecule has 0 aromatic carbocycles. The Labute approximate surface area is 129 Å². The Kier molecular flexibility index (Phi) is 4.37. The minimum atomic E-state index is -0.320. The molecular weight excluding hydrogens is 286 g/mol. The lowest BCUT2D eigenvalue weighted by Crippen LogP contribution is -2.48. The predicted molar refractivity (Wildman–Crippen MR) is 83.2 cm³/mol. The van der Waals surface area contributed by atoms with Crippen molar-refractivity contribution in [3.8, 4) is 0 Å². The van der Waals surface area contributed by atoms with Gasteiger partial charge in [-0.3, -0.25) is 9.59 Å². The minimum absolute atomic E-state index is 0.0403. The largest absolute Gasteiger partial charge is 0.369 e. The first kappa shape index (κ1) is 15.9. The molecule has 1 aliphatic heterocycles. The molecule has 21 heavy (non-hydrogen) atoms. The Morgan fingerprint density at radius 1 is 1.38 bits per heavy atom. The molecule has 1 fully saturated rings. The lowest BCUT2D eigenvalue weighted by molar-refractivity contribution is -0.123. The van der Waals surface area contributed by atoms with Crippen molar-refractivity contribution in [2.75, 3.05) is 6.54 Å². The number of primary amides is 1. The number of likely N-dealkylation sites (tertiary alicyclic amines) is 1. The van der Waals surface area contributed by atoms with Crippen LogP contribution in [0.25, 0.3) is 0 Å². The van der Waals surface area contributed by atoms with Gasteiger partial charge in [-0.05, 0) is 19.8 Å². The van der Waals surface area contributed by atoms with E-state index < -0.39 is 0 Å². The fraction of sp³-hybridized carbons (Fsp3) is 0.667. The molecule has 2 N–H and O–H groups in total. The molecular formula is C15H23N3O2S. The van der Waals surface area contributed by atoms with E-state index in [0.29, 0.717) is 11.4 Å². The molecule has 116 valence electrons. The number of hydrogen-bond donors (Lipinski definition) is 1. The third-order valence-electron chi connectivity index (χ3n) is 3.90. The predicted octanol–water partition coefficient (Wildman–Crippen LogP) is 2.17. The van der Waals surface area contributed by atoms with Crippen molar-refractivity contribution in [2.24, 2.45) is 11.7 Å². The van der Waals surface area contributed by atoms with Crippen LogP contribution >= 0.6 is 11.3 Å². The lowest BCUT2D eigenvalue weighted by atomic mass is 9.93. The van der Waals surface area contributed by atoms with Crippen molar-refractivity contribution in [3.63, 3.8) is 0 Å². The van der Waals surface area contributed by atoms with Gasteiger partial charge in [0.05, 0.1) is 17.1 Å². The minimum Gasteiger partial charge on any atom is -0.369 e. The van der Waals surface area contributed by atoms with Gasteiger partial charge in [0, 0.05) is 18.0 Å². The summed E-state index contributed by atoms with van der Waals surface area (Å²) in [6.45, 7) is 8.66. The number of carbonyl (C=O) groups excluding carboxylic acids is 2. The summed E-state index contributed by atoms with van der Waals surface area (Å²) in [5.41, 5.74) is 5.33. The van der Waals surface area contributed by atoms with Crippen LogP contribution in [-0.2, 0) is 10.2 Å². The lowest BCUT2D eigenvalue weighted by Gasteiger charge is -2.36. The molecule has 2 amide bonds. The van der Waals surface area contributed by atoms with Crippen LogP contribution in [-0.4, -0.2) is 34.3 Å². The van der Waals surface area contributed by atoms with Crippen LogP contribution in [0.3, 0.4) is 0 Å². The normalized spacial score (nSPS) is 23.1. The number of nitrogens with zero attached hydrogens (tertiary/aromatic N) is 2. The molecule has 2 heterocycles. The summed E-state index contributed by atoms with van der Waals surface area (Å²) in [7, 11) is 0. The van der Waals surface area contributed by atoms with Crippen molar-refractivity contribution < 1.29 is 9.59 Å². The molecule has 2 atom stereocenters. The monoisotopic (exact) mass is 309 g/mol. The standard InChI is InChI=1S/C15H23N3O2S/c1-9-5-6-10(12(16)19)8-18(9)13(20)11-7-17-14(21-11)15(2,3)4/h7,9-10H,5-6,8H2,1-4H3,(H2,16,19)/t9-,10+/m1/s1. The number of hydrogen-bond acceptors (Lipinski definition) is 4. The maximum atomic E-state index is 12.7. The van der Waals surface area contributed by atoms with Gasteiger partial charge in [-0.25, -0.2) is 4.98 Å². The smallest absolute Gasteiger partial charge is 0.265 e. The van der Waals surface area contributed by atoms with E-state index >= 15 is 0 Å². The Bertz CT molecular complexity index is 547. The maximum absolute atomic E-state index is 12.7. The highest BCUT2D eigenvalue weighted by Gasteiger charge is 2.33. The van der Waals surface area contributed by atoms with Crippen molar-refractivity contribution in [1.82, 2.24) is 9.88 Å². The van der Waals surface area contributed by atoms with Crippen LogP contribution in [0.5, 0.6) is 0 Å². The first-order chi connectivity index (χ1) is 9.70. The fourth-order valence-corrected chi connectivity index (χ4v) is 3.41. The van der Waals surface area contributed by atoms with Crippen LogP contribution in [0.2, 0.25) is 0 Å². The average molecular weight is 309 g/mol. The fourth-order valence-electron chi connectivity index (χ4n) is 2.48. The Balaban J connectivity index is 2.18. The van der Waals surface area contributed by atoms with Gasteiger partial charge < -0.3 is 10.6 Å². The average Bonchev–Trinajstić information content (AvgIpc) is 2.87. The molecule has 0 bridgehead atoms. The summed E-state index contributed by atoms with van der Waals surface area (Å²) < 4.78 is 0. The van der Waals surface area contributed by atoms with Gasteiger partial charge in [-0.15, -0.1) is 11.3 Å². The van der Waals surface area contributed by atoms with E-state index in [2.05, 4.69) is 25.8 Å². The van der Waals surface area contributed by atoms with E-state index in [4.69, 9.17) is 5.73 Å². The summed E-state index contributed by atoms with van der Waals surface area (Å²) in [5, 5.41) is 0.946. The highest BCUT2D eigenvalue weighted by molar-refractivity contribution is 7.13. The zero-order chi connectivity index (χ0) is 15.8. The first-order valence-electron chi connectivity index (χ1n) is 7.26. The van der Waals surface area contributed by atoms with Gasteiger partial charge in [0.25, 0.3) is 5.91 Å². The van der Waals surface area contributed by atoms with Crippen LogP contribution in [0.4, 0.5) is 0 Å². The van der Waals surface area contributed by atoms with Gasteiger partial charge in [0.15, 0.2) is 0 Å². The number of amides is 2. The maximum Gasteiger partial charge on any atom is 0.265 e. The molecule has 1 aromatic rings. The summed E-state index contributed by atoms with van der Waals surface area (Å²) in [4.78, 5) is 30.8. The van der Waals surface area contributed by atoms with E-state index in [1.165, 1.54) is 11.3 Å². The number of rotatable bonds is 2. The summed E-state index contributed by atoms with van der Waals surface area (Å²) in [6, 6.07) is 0.133. The third kappa shape index (κ3) is 3.43. The van der Waals surface area contributed by atoms with Crippen molar-refractivity contribution in [1.29, 1.82) is 0 Å². The van der Waals surface area contributed by atoms with Crippen LogP contribution < -0.4 is 5.73 Å². The highest BCUT2D eigenvalue weighted by atomic mass is 32.1. The van der Waals surface area contributed by atoms with E-state index in [1.807, 2.05) is 6.92 Å². The second-order valence-corrected chi connectivity index (χ2v) is 7.79. The second-order valence-electron chi connectivity index (χ2n) is 6.76. The molecule has 0 aliphatic carbocycles. The molecule has 1 aliphatic rings. The SMILES string of the molecule is C[C@@H]1CC[C@H](C(N)=O)CN1C(=O)c1cnc(C(C)(C)C)s1. The van der Waals surface area contributed by atoms with Crippen LogP contribution in [0.1, 0.15) is 55.2 Å². The molecule has 0 radical (unpaired) electrons. The molecule has 0 spiro atoms. The number of carbonyl (C=O) groups is 2. The number of piperidine rings is 1. The van der Waals surface area contributed by atoms with Crippen molar-refractivity contribution >= 4 is 23.2 Å². The molecule has 0 saturated carbocycles. The Morgan fingerprint density at radius 2 is 2.05 bits per heavy atom. The van der Waals surface area contributed by atoms with E-state index in [0.717, 1.165) is 17.8 Å². The topological polar surface area (TPSA) is 76.3 Å². The molecule has 1 saturated heterocycles. The molecule has 6 heteroatoms. The van der Waals surface area contributed by atoms with Gasteiger partial charge in [0.1, 0.15) is 4.88 Å². The molecule has 5 nitrogen and oxygen atoms in total. The van der Waals surface area contributed by atoms with E-state index in [-0.39, 0.29) is 29.2 Å². The molecule has 1 aromatic heterocycles. The number of nitrogens with two attached hydrogens (primary N) is 1. The van der Waals surface area contributed by atoms with Gasteiger partial charge in [0.2, 0.25) is 5.91 Å². The zero-order valence-electron chi connectivity index (χ0n) is 13.0. The Hall–Kier alpha value is -1.43. The number of aromatic nitrogens is 1. The molecule has 2 rings (SSSR count). The number of thiazole rings is 1. The summed E-state index contributed by atoms with van der Waals surface area (Å²) in [6.07, 6.45) is 3.22. The highest BCUT2D eigenvalue weighted by Crippen LogP contribution is 2.29.